The van der Waals surface area contributed by atoms with Gasteiger partial charge in [-0.25, -0.2) is 4.98 Å². The Balaban J connectivity index is 1.77. The fourth-order valence-electron chi connectivity index (χ4n) is 2.75. The van der Waals surface area contributed by atoms with Crippen molar-refractivity contribution in [3.8, 4) is 0 Å². The first kappa shape index (κ1) is 17.0. The molecular formula is C20H23N3O2. The SMILES string of the molecule is CC(C)C(=O)N(Cc1ccco1)Cc1nccn1Cc1ccccc1. The van der Waals surface area contributed by atoms with Crippen LogP contribution in [0.1, 0.15) is 31.0 Å². The number of rotatable bonds is 7. The van der Waals surface area contributed by atoms with Crippen molar-refractivity contribution in [2.75, 3.05) is 0 Å². The Labute approximate surface area is 147 Å². The Bertz CT molecular complexity index is 791. The van der Waals surface area contributed by atoms with Crippen LogP contribution in [0, 0.1) is 5.92 Å². The van der Waals surface area contributed by atoms with E-state index in [9.17, 15) is 4.79 Å². The van der Waals surface area contributed by atoms with Gasteiger partial charge in [-0.1, -0.05) is 44.2 Å². The van der Waals surface area contributed by atoms with E-state index >= 15 is 0 Å². The van der Waals surface area contributed by atoms with Gasteiger partial charge >= 0.3 is 0 Å². The van der Waals surface area contributed by atoms with Gasteiger partial charge in [-0.2, -0.15) is 0 Å². The molecule has 130 valence electrons. The second-order valence-corrected chi connectivity index (χ2v) is 6.39. The lowest BCUT2D eigenvalue weighted by molar-refractivity contribution is -0.136. The molecule has 5 heteroatoms. The molecule has 0 unspecified atom stereocenters. The van der Waals surface area contributed by atoms with Crippen molar-refractivity contribution in [3.63, 3.8) is 0 Å². The molecule has 2 aromatic heterocycles. The third-order valence-corrected chi connectivity index (χ3v) is 4.06. The molecule has 1 aromatic carbocycles. The first-order valence-corrected chi connectivity index (χ1v) is 8.48. The number of imidazole rings is 1. The van der Waals surface area contributed by atoms with E-state index in [1.165, 1.54) is 5.56 Å². The summed E-state index contributed by atoms with van der Waals surface area (Å²) in [5.41, 5.74) is 1.20. The predicted molar refractivity (Wildman–Crippen MR) is 95.6 cm³/mol. The Hall–Kier alpha value is -2.82. The van der Waals surface area contributed by atoms with E-state index in [1.807, 2.05) is 50.4 Å². The van der Waals surface area contributed by atoms with Crippen LogP contribution in [-0.2, 0) is 24.4 Å². The minimum absolute atomic E-state index is 0.0764. The molecule has 0 aliphatic heterocycles. The molecule has 0 radical (unpaired) electrons. The number of hydrogen-bond acceptors (Lipinski definition) is 3. The van der Waals surface area contributed by atoms with Gasteiger partial charge in [-0.15, -0.1) is 0 Å². The van der Waals surface area contributed by atoms with Crippen molar-refractivity contribution >= 4 is 5.91 Å². The van der Waals surface area contributed by atoms with Crippen molar-refractivity contribution in [1.82, 2.24) is 14.5 Å². The van der Waals surface area contributed by atoms with Crippen LogP contribution < -0.4 is 0 Å². The molecule has 0 N–H and O–H groups in total. The second kappa shape index (κ2) is 7.83. The third-order valence-electron chi connectivity index (χ3n) is 4.06. The van der Waals surface area contributed by atoms with E-state index in [4.69, 9.17) is 4.42 Å². The second-order valence-electron chi connectivity index (χ2n) is 6.39. The highest BCUT2D eigenvalue weighted by Crippen LogP contribution is 2.14. The van der Waals surface area contributed by atoms with E-state index in [2.05, 4.69) is 21.7 Å². The van der Waals surface area contributed by atoms with Gasteiger partial charge in [-0.05, 0) is 17.7 Å². The molecule has 0 aliphatic carbocycles. The summed E-state index contributed by atoms with van der Waals surface area (Å²) in [6.07, 6.45) is 5.36. The number of benzene rings is 1. The fraction of sp³-hybridized carbons (Fsp3) is 0.300. The highest BCUT2D eigenvalue weighted by molar-refractivity contribution is 5.78. The maximum atomic E-state index is 12.6. The Morgan fingerprint density at radius 1 is 1.16 bits per heavy atom. The van der Waals surface area contributed by atoms with Crippen molar-refractivity contribution in [2.45, 2.75) is 33.5 Å². The monoisotopic (exact) mass is 337 g/mol. The molecule has 0 saturated heterocycles. The summed E-state index contributed by atoms with van der Waals surface area (Å²) < 4.78 is 7.50. The average Bonchev–Trinajstić information content (AvgIpc) is 3.27. The Morgan fingerprint density at radius 3 is 2.64 bits per heavy atom. The largest absolute Gasteiger partial charge is 0.467 e. The zero-order valence-electron chi connectivity index (χ0n) is 14.6. The number of hydrogen-bond donors (Lipinski definition) is 0. The summed E-state index contributed by atoms with van der Waals surface area (Å²) in [5.74, 6) is 1.65. The van der Waals surface area contributed by atoms with Crippen LogP contribution in [0.5, 0.6) is 0 Å². The van der Waals surface area contributed by atoms with Crippen molar-refractivity contribution < 1.29 is 9.21 Å². The molecule has 25 heavy (non-hydrogen) atoms. The molecule has 0 aliphatic rings. The van der Waals surface area contributed by atoms with Gasteiger partial charge in [0.15, 0.2) is 0 Å². The zero-order chi connectivity index (χ0) is 17.6. The smallest absolute Gasteiger partial charge is 0.225 e. The molecule has 0 spiro atoms. The van der Waals surface area contributed by atoms with Crippen molar-refractivity contribution in [1.29, 1.82) is 0 Å². The fourth-order valence-corrected chi connectivity index (χ4v) is 2.75. The lowest BCUT2D eigenvalue weighted by Crippen LogP contribution is -2.34. The van der Waals surface area contributed by atoms with Gasteiger partial charge in [-0.3, -0.25) is 4.79 Å². The summed E-state index contributed by atoms with van der Waals surface area (Å²) in [5, 5.41) is 0. The third kappa shape index (κ3) is 4.38. The van der Waals surface area contributed by atoms with Gasteiger partial charge in [0.25, 0.3) is 0 Å². The normalized spacial score (nSPS) is 11.0. The van der Waals surface area contributed by atoms with E-state index < -0.39 is 0 Å². The quantitative estimate of drug-likeness (QED) is 0.660. The number of amides is 1. The van der Waals surface area contributed by atoms with Gasteiger partial charge in [0.1, 0.15) is 11.6 Å². The van der Waals surface area contributed by atoms with E-state index in [-0.39, 0.29) is 11.8 Å². The molecular weight excluding hydrogens is 314 g/mol. The summed E-state index contributed by atoms with van der Waals surface area (Å²) in [6, 6.07) is 14.0. The van der Waals surface area contributed by atoms with E-state index in [1.54, 1.807) is 17.4 Å². The summed E-state index contributed by atoms with van der Waals surface area (Å²) in [7, 11) is 0. The highest BCUT2D eigenvalue weighted by atomic mass is 16.3. The van der Waals surface area contributed by atoms with Crippen LogP contribution in [0.25, 0.3) is 0 Å². The summed E-state index contributed by atoms with van der Waals surface area (Å²) >= 11 is 0. The molecule has 1 amide bonds. The molecule has 0 saturated carbocycles. The Morgan fingerprint density at radius 2 is 1.96 bits per heavy atom. The maximum absolute atomic E-state index is 12.6. The van der Waals surface area contributed by atoms with Gasteiger partial charge < -0.3 is 13.9 Å². The number of aromatic nitrogens is 2. The number of carbonyl (C=O) groups is 1. The van der Waals surface area contributed by atoms with Gasteiger partial charge in [0, 0.05) is 24.9 Å². The minimum atomic E-state index is -0.0764. The lowest BCUT2D eigenvalue weighted by atomic mass is 10.2. The van der Waals surface area contributed by atoms with Crippen molar-refractivity contribution in [2.24, 2.45) is 5.92 Å². The van der Waals surface area contributed by atoms with Gasteiger partial charge in [0.2, 0.25) is 5.91 Å². The minimum Gasteiger partial charge on any atom is -0.467 e. The van der Waals surface area contributed by atoms with E-state index in [0.717, 1.165) is 18.1 Å². The zero-order valence-corrected chi connectivity index (χ0v) is 14.6. The molecule has 2 heterocycles. The molecule has 3 aromatic rings. The van der Waals surface area contributed by atoms with Crippen LogP contribution in [0.2, 0.25) is 0 Å². The molecule has 0 bridgehead atoms. The average molecular weight is 337 g/mol. The van der Waals surface area contributed by atoms with Crippen LogP contribution in [0.4, 0.5) is 0 Å². The van der Waals surface area contributed by atoms with Crippen LogP contribution in [0.15, 0.2) is 65.5 Å². The number of carbonyl (C=O) groups excluding carboxylic acids is 1. The predicted octanol–water partition coefficient (Wildman–Crippen LogP) is 3.71. The van der Waals surface area contributed by atoms with Crippen LogP contribution in [-0.4, -0.2) is 20.4 Å². The highest BCUT2D eigenvalue weighted by Gasteiger charge is 2.20. The summed E-state index contributed by atoms with van der Waals surface area (Å²) in [4.78, 5) is 18.9. The first-order valence-electron chi connectivity index (χ1n) is 8.48. The Kier molecular flexibility index (Phi) is 5.33. The molecule has 0 atom stereocenters. The molecule has 5 nitrogen and oxygen atoms in total. The molecule has 0 fully saturated rings. The first-order chi connectivity index (χ1) is 12.1. The van der Waals surface area contributed by atoms with Crippen molar-refractivity contribution in [3.05, 3.63) is 78.3 Å². The van der Waals surface area contributed by atoms with Crippen LogP contribution in [0.3, 0.4) is 0 Å². The number of furan rings is 1. The van der Waals surface area contributed by atoms with Gasteiger partial charge in [0.05, 0.1) is 19.4 Å². The standard InChI is InChI=1S/C20H23N3O2/c1-16(2)20(24)23(14-18-9-6-12-25-18)15-19-21-10-11-22(19)13-17-7-4-3-5-8-17/h3-12,16H,13-15H2,1-2H3. The topological polar surface area (TPSA) is 51.3 Å². The van der Waals surface area contributed by atoms with Crippen LogP contribution >= 0.6 is 0 Å². The number of nitrogens with zero attached hydrogens (tertiary/aromatic N) is 3. The van der Waals surface area contributed by atoms with E-state index in [0.29, 0.717) is 13.1 Å². The molecule has 3 rings (SSSR count). The summed E-state index contributed by atoms with van der Waals surface area (Å²) in [6.45, 7) is 5.46. The lowest BCUT2D eigenvalue weighted by Gasteiger charge is -2.24. The maximum Gasteiger partial charge on any atom is 0.225 e.